The summed E-state index contributed by atoms with van der Waals surface area (Å²) in [7, 11) is 0. The molecule has 1 aliphatic rings. The molecule has 0 aromatic rings. The van der Waals surface area contributed by atoms with Gasteiger partial charge in [0.05, 0.1) is 11.1 Å². The first-order valence-corrected chi connectivity index (χ1v) is 4.58. The van der Waals surface area contributed by atoms with Gasteiger partial charge in [-0.1, -0.05) is 18.2 Å². The second kappa shape index (κ2) is 2.69. The summed E-state index contributed by atoms with van der Waals surface area (Å²) in [6, 6.07) is 0. The first kappa shape index (κ1) is 10.5. The van der Waals surface area contributed by atoms with E-state index < -0.39 is 0 Å². The number of nitrogens with zero attached hydrogens (tertiary/aromatic N) is 1. The van der Waals surface area contributed by atoms with Gasteiger partial charge >= 0.3 is 0 Å². The molecule has 1 heterocycles. The smallest absolute Gasteiger partial charge is 0.0662 e. The molecule has 0 aromatic heterocycles. The van der Waals surface area contributed by atoms with E-state index in [0.717, 1.165) is 11.1 Å². The van der Waals surface area contributed by atoms with Crippen molar-refractivity contribution < 1.29 is 5.21 Å². The molecule has 2 heteroatoms. The van der Waals surface area contributed by atoms with Crippen LogP contribution in [0.5, 0.6) is 0 Å². The van der Waals surface area contributed by atoms with Crippen molar-refractivity contribution in [1.82, 2.24) is 5.06 Å². The van der Waals surface area contributed by atoms with E-state index in [2.05, 4.69) is 12.7 Å². The monoisotopic (exact) mass is 181 g/mol. The molecule has 0 unspecified atom stereocenters. The quantitative estimate of drug-likeness (QED) is 0.672. The third kappa shape index (κ3) is 1.45. The molecule has 1 N–H and O–H groups in total. The lowest BCUT2D eigenvalue weighted by molar-refractivity contribution is -0.184. The van der Waals surface area contributed by atoms with E-state index in [4.69, 9.17) is 0 Å². The van der Waals surface area contributed by atoms with E-state index in [-0.39, 0.29) is 11.1 Å². The third-order valence-electron chi connectivity index (χ3n) is 2.69. The van der Waals surface area contributed by atoms with Gasteiger partial charge in [-0.25, -0.2) is 0 Å². The fourth-order valence-corrected chi connectivity index (χ4v) is 2.07. The molecular weight excluding hydrogens is 162 g/mol. The van der Waals surface area contributed by atoms with Crippen molar-refractivity contribution in [3.05, 3.63) is 23.8 Å². The van der Waals surface area contributed by atoms with Gasteiger partial charge in [-0.05, 0) is 40.2 Å². The van der Waals surface area contributed by atoms with E-state index in [1.165, 1.54) is 5.06 Å². The van der Waals surface area contributed by atoms with E-state index in [9.17, 15) is 5.21 Å². The van der Waals surface area contributed by atoms with Crippen LogP contribution >= 0.6 is 0 Å². The molecule has 0 radical (unpaired) electrons. The second-order valence-electron chi connectivity index (χ2n) is 4.86. The number of hydroxylamine groups is 2. The van der Waals surface area contributed by atoms with Crippen LogP contribution in [0, 0.1) is 0 Å². The van der Waals surface area contributed by atoms with Crippen LogP contribution in [0.2, 0.25) is 0 Å². The van der Waals surface area contributed by atoms with E-state index in [0.29, 0.717) is 0 Å². The molecule has 0 saturated carbocycles. The maximum Gasteiger partial charge on any atom is 0.0662 e. The topological polar surface area (TPSA) is 23.5 Å². The highest BCUT2D eigenvalue weighted by Gasteiger charge is 2.44. The van der Waals surface area contributed by atoms with Crippen LogP contribution in [-0.2, 0) is 0 Å². The molecule has 0 spiro atoms. The highest BCUT2D eigenvalue weighted by molar-refractivity contribution is 5.42. The minimum absolute atomic E-state index is 0.294. The Hall–Kier alpha value is -0.600. The minimum Gasteiger partial charge on any atom is -0.312 e. The van der Waals surface area contributed by atoms with Crippen LogP contribution in [0.1, 0.15) is 34.6 Å². The predicted octanol–water partition coefficient (Wildman–Crippen LogP) is 2.75. The SMILES string of the molecule is C=C(C)C1=CC(C)(C)N(O)C1(C)C. The van der Waals surface area contributed by atoms with Gasteiger partial charge in [0.2, 0.25) is 0 Å². The van der Waals surface area contributed by atoms with Crippen molar-refractivity contribution in [3.8, 4) is 0 Å². The summed E-state index contributed by atoms with van der Waals surface area (Å²) >= 11 is 0. The molecule has 2 nitrogen and oxygen atoms in total. The number of rotatable bonds is 1. The Bertz CT molecular complexity index is 274. The minimum atomic E-state index is -0.324. The Labute approximate surface area is 80.5 Å². The zero-order valence-corrected chi connectivity index (χ0v) is 9.18. The van der Waals surface area contributed by atoms with Crippen LogP contribution < -0.4 is 0 Å². The van der Waals surface area contributed by atoms with Gasteiger partial charge in [0.1, 0.15) is 0 Å². The largest absolute Gasteiger partial charge is 0.312 e. The summed E-state index contributed by atoms with van der Waals surface area (Å²) in [6.07, 6.45) is 2.08. The third-order valence-corrected chi connectivity index (χ3v) is 2.69. The Morgan fingerprint density at radius 3 is 2.00 bits per heavy atom. The highest BCUT2D eigenvalue weighted by atomic mass is 16.5. The predicted molar refractivity (Wildman–Crippen MR) is 54.7 cm³/mol. The molecule has 1 rings (SSSR count). The molecule has 0 saturated heterocycles. The van der Waals surface area contributed by atoms with E-state index in [1.807, 2.05) is 34.6 Å². The normalized spacial score (nSPS) is 25.8. The Kier molecular flexibility index (Phi) is 2.17. The maximum absolute atomic E-state index is 9.94. The van der Waals surface area contributed by atoms with Gasteiger partial charge in [0, 0.05) is 0 Å². The average Bonchev–Trinajstić information content (AvgIpc) is 2.11. The van der Waals surface area contributed by atoms with Crippen molar-refractivity contribution in [2.24, 2.45) is 0 Å². The zero-order chi connectivity index (χ0) is 10.4. The van der Waals surface area contributed by atoms with Crippen LogP contribution in [0.25, 0.3) is 0 Å². The number of hydrogen-bond acceptors (Lipinski definition) is 2. The summed E-state index contributed by atoms with van der Waals surface area (Å²) in [6.45, 7) is 13.9. The molecule has 13 heavy (non-hydrogen) atoms. The Morgan fingerprint density at radius 1 is 1.38 bits per heavy atom. The molecular formula is C11H19NO. The second-order valence-corrected chi connectivity index (χ2v) is 4.86. The van der Waals surface area contributed by atoms with E-state index in [1.54, 1.807) is 0 Å². The molecule has 0 aromatic carbocycles. The fourth-order valence-electron chi connectivity index (χ4n) is 2.07. The molecule has 0 atom stereocenters. The van der Waals surface area contributed by atoms with Crippen LogP contribution in [-0.4, -0.2) is 21.3 Å². The molecule has 1 aliphatic heterocycles. The van der Waals surface area contributed by atoms with Gasteiger partial charge in [0.15, 0.2) is 0 Å². The molecule has 0 aliphatic carbocycles. The van der Waals surface area contributed by atoms with Crippen molar-refractivity contribution in [3.63, 3.8) is 0 Å². The van der Waals surface area contributed by atoms with Gasteiger partial charge in [-0.2, -0.15) is 5.06 Å². The molecule has 74 valence electrons. The summed E-state index contributed by atoms with van der Waals surface area (Å²) in [5.41, 5.74) is 1.53. The summed E-state index contributed by atoms with van der Waals surface area (Å²) in [5.74, 6) is 0. The van der Waals surface area contributed by atoms with Crippen molar-refractivity contribution >= 4 is 0 Å². The lowest BCUT2D eigenvalue weighted by Crippen LogP contribution is -2.47. The molecule has 0 fully saturated rings. The van der Waals surface area contributed by atoms with Crippen LogP contribution in [0.4, 0.5) is 0 Å². The maximum atomic E-state index is 9.94. The summed E-state index contributed by atoms with van der Waals surface area (Å²) in [5, 5.41) is 11.3. The van der Waals surface area contributed by atoms with Crippen molar-refractivity contribution in [2.75, 3.05) is 0 Å². The van der Waals surface area contributed by atoms with Gasteiger partial charge < -0.3 is 5.21 Å². The van der Waals surface area contributed by atoms with Gasteiger partial charge in [0.25, 0.3) is 0 Å². The first-order chi connectivity index (χ1) is 5.69. The van der Waals surface area contributed by atoms with Crippen LogP contribution in [0.3, 0.4) is 0 Å². The summed E-state index contributed by atoms with van der Waals surface area (Å²) < 4.78 is 0. The highest BCUT2D eigenvalue weighted by Crippen LogP contribution is 2.40. The van der Waals surface area contributed by atoms with Crippen LogP contribution in [0.15, 0.2) is 23.8 Å². The molecule has 0 amide bonds. The lowest BCUT2D eigenvalue weighted by Gasteiger charge is -2.36. The fraction of sp³-hybridized carbons (Fsp3) is 0.636. The van der Waals surface area contributed by atoms with Crippen molar-refractivity contribution in [2.45, 2.75) is 45.7 Å². The molecule has 0 bridgehead atoms. The Balaban J connectivity index is 3.17. The first-order valence-electron chi connectivity index (χ1n) is 4.58. The van der Waals surface area contributed by atoms with Gasteiger partial charge in [-0.15, -0.1) is 0 Å². The van der Waals surface area contributed by atoms with Crippen molar-refractivity contribution in [1.29, 1.82) is 0 Å². The van der Waals surface area contributed by atoms with E-state index >= 15 is 0 Å². The summed E-state index contributed by atoms with van der Waals surface area (Å²) in [4.78, 5) is 0. The van der Waals surface area contributed by atoms with Gasteiger partial charge in [-0.3, -0.25) is 0 Å². The zero-order valence-electron chi connectivity index (χ0n) is 9.18. The number of hydrogen-bond donors (Lipinski definition) is 1. The Morgan fingerprint density at radius 2 is 1.85 bits per heavy atom. The average molecular weight is 181 g/mol. The standard InChI is InChI=1S/C11H19NO/c1-8(2)9-7-10(3,4)12(13)11(9,5)6/h7,13H,1H2,2-6H3. The lowest BCUT2D eigenvalue weighted by atomic mass is 9.92.